The maximum absolute atomic E-state index is 12.6. The molecule has 20 heavy (non-hydrogen) atoms. The molecule has 1 aromatic heterocycles. The Labute approximate surface area is 117 Å². The lowest BCUT2D eigenvalue weighted by Gasteiger charge is -2.22. The van der Waals surface area contributed by atoms with Crippen LogP contribution in [0.25, 0.3) is 0 Å². The highest BCUT2D eigenvalue weighted by molar-refractivity contribution is 5.96. The van der Waals surface area contributed by atoms with Crippen molar-refractivity contribution in [3.63, 3.8) is 0 Å². The van der Waals surface area contributed by atoms with E-state index in [4.69, 9.17) is 14.3 Å². The number of aliphatic carboxylic acids is 1. The number of carboxylic acid groups (broad SMARTS) is 1. The number of hydrogen-bond acceptors (Lipinski definition) is 4. The topological polar surface area (TPSA) is 80.0 Å². The molecule has 110 valence electrons. The third-order valence-corrected chi connectivity index (χ3v) is 3.65. The number of rotatable bonds is 4. The molecule has 2 atom stereocenters. The van der Waals surface area contributed by atoms with Crippen molar-refractivity contribution in [1.29, 1.82) is 0 Å². The lowest BCUT2D eigenvalue weighted by molar-refractivity contribution is -0.137. The van der Waals surface area contributed by atoms with Crippen LogP contribution in [0.5, 0.6) is 0 Å². The summed E-state index contributed by atoms with van der Waals surface area (Å²) in [6.07, 6.45) is 0.364. The normalized spacial score (nSPS) is 22.2. The molecule has 0 spiro atoms. The Balaban J connectivity index is 2.21. The van der Waals surface area contributed by atoms with Crippen LogP contribution in [0, 0.1) is 13.8 Å². The van der Waals surface area contributed by atoms with E-state index in [2.05, 4.69) is 0 Å². The average molecular weight is 281 g/mol. The van der Waals surface area contributed by atoms with Gasteiger partial charge in [0.1, 0.15) is 11.5 Å². The Morgan fingerprint density at radius 1 is 1.50 bits per heavy atom. The standard InChI is InChI=1S/C14H19NO5/c1-8-4-12(9(2)20-8)14(18)15-7-11(19-3)5-10(15)6-13(16)17/h4,10-11H,5-7H2,1-3H3,(H,16,17). The molecule has 1 fully saturated rings. The van der Waals surface area contributed by atoms with Crippen LogP contribution in [0.2, 0.25) is 0 Å². The van der Waals surface area contributed by atoms with E-state index in [-0.39, 0.29) is 24.5 Å². The molecule has 2 heterocycles. The third-order valence-electron chi connectivity index (χ3n) is 3.65. The van der Waals surface area contributed by atoms with Gasteiger partial charge in [-0.15, -0.1) is 0 Å². The molecule has 6 nitrogen and oxygen atoms in total. The molecule has 1 amide bonds. The van der Waals surface area contributed by atoms with Gasteiger partial charge in [-0.25, -0.2) is 0 Å². The minimum atomic E-state index is -0.912. The van der Waals surface area contributed by atoms with Gasteiger partial charge in [0.05, 0.1) is 18.1 Å². The van der Waals surface area contributed by atoms with Gasteiger partial charge < -0.3 is 19.2 Å². The molecule has 0 aromatic carbocycles. The fraction of sp³-hybridized carbons (Fsp3) is 0.571. The summed E-state index contributed by atoms with van der Waals surface area (Å²) in [5.41, 5.74) is 0.495. The number of carbonyl (C=O) groups excluding carboxylic acids is 1. The molecule has 0 aliphatic carbocycles. The van der Waals surface area contributed by atoms with Gasteiger partial charge in [0.25, 0.3) is 5.91 Å². The molecule has 0 bridgehead atoms. The van der Waals surface area contributed by atoms with Gasteiger partial charge in [0.2, 0.25) is 0 Å². The van der Waals surface area contributed by atoms with Crippen molar-refractivity contribution in [3.05, 3.63) is 23.2 Å². The average Bonchev–Trinajstić information content (AvgIpc) is 2.91. The van der Waals surface area contributed by atoms with Crippen LogP contribution in [0.3, 0.4) is 0 Å². The number of methoxy groups -OCH3 is 1. The van der Waals surface area contributed by atoms with E-state index < -0.39 is 5.97 Å². The van der Waals surface area contributed by atoms with Crippen LogP contribution in [0.15, 0.2) is 10.5 Å². The molecule has 1 aliphatic heterocycles. The van der Waals surface area contributed by atoms with E-state index in [1.165, 1.54) is 0 Å². The number of furan rings is 1. The summed E-state index contributed by atoms with van der Waals surface area (Å²) < 4.78 is 10.6. The molecule has 1 N–H and O–H groups in total. The van der Waals surface area contributed by atoms with Crippen molar-refractivity contribution in [1.82, 2.24) is 4.90 Å². The first kappa shape index (κ1) is 14.6. The molecule has 0 radical (unpaired) electrons. The summed E-state index contributed by atoms with van der Waals surface area (Å²) in [6, 6.07) is 1.36. The minimum absolute atomic E-state index is 0.0680. The molecular formula is C14H19NO5. The number of likely N-dealkylation sites (tertiary alicyclic amines) is 1. The van der Waals surface area contributed by atoms with Gasteiger partial charge in [0, 0.05) is 19.7 Å². The number of amides is 1. The summed E-state index contributed by atoms with van der Waals surface area (Å²) in [7, 11) is 1.57. The predicted molar refractivity (Wildman–Crippen MR) is 70.7 cm³/mol. The fourth-order valence-electron chi connectivity index (χ4n) is 2.69. The highest BCUT2D eigenvalue weighted by Gasteiger charge is 2.37. The second-order valence-corrected chi connectivity index (χ2v) is 5.13. The third kappa shape index (κ3) is 2.85. The van der Waals surface area contributed by atoms with Crippen molar-refractivity contribution in [2.75, 3.05) is 13.7 Å². The van der Waals surface area contributed by atoms with Crippen LogP contribution < -0.4 is 0 Å². The van der Waals surface area contributed by atoms with E-state index in [1.54, 1.807) is 31.9 Å². The largest absolute Gasteiger partial charge is 0.481 e. The summed E-state index contributed by atoms with van der Waals surface area (Å²) in [5, 5.41) is 8.96. The van der Waals surface area contributed by atoms with E-state index in [0.717, 1.165) is 0 Å². The first-order valence-electron chi connectivity index (χ1n) is 6.55. The van der Waals surface area contributed by atoms with Gasteiger partial charge >= 0.3 is 5.97 Å². The van der Waals surface area contributed by atoms with Crippen LogP contribution in [0.4, 0.5) is 0 Å². The molecular weight excluding hydrogens is 262 g/mol. The van der Waals surface area contributed by atoms with Crippen molar-refractivity contribution in [2.45, 2.75) is 38.8 Å². The van der Waals surface area contributed by atoms with Gasteiger partial charge in [-0.2, -0.15) is 0 Å². The van der Waals surface area contributed by atoms with Crippen LogP contribution in [-0.2, 0) is 9.53 Å². The summed E-state index contributed by atoms with van der Waals surface area (Å²) in [5.74, 6) is 0.125. The van der Waals surface area contributed by atoms with E-state index in [9.17, 15) is 9.59 Å². The number of aryl methyl sites for hydroxylation is 2. The number of ether oxygens (including phenoxy) is 1. The van der Waals surface area contributed by atoms with Gasteiger partial charge in [-0.05, 0) is 26.3 Å². The van der Waals surface area contributed by atoms with Crippen molar-refractivity contribution >= 4 is 11.9 Å². The zero-order chi connectivity index (χ0) is 14.9. The van der Waals surface area contributed by atoms with Crippen LogP contribution in [-0.4, -0.2) is 47.7 Å². The second kappa shape index (κ2) is 5.66. The Hall–Kier alpha value is -1.82. The molecule has 0 saturated carbocycles. The quantitative estimate of drug-likeness (QED) is 0.906. The van der Waals surface area contributed by atoms with E-state index in [1.807, 2.05) is 0 Å². The molecule has 1 aromatic rings. The number of nitrogens with zero attached hydrogens (tertiary/aromatic N) is 1. The first-order chi connectivity index (χ1) is 9.42. The van der Waals surface area contributed by atoms with Gasteiger partial charge in [-0.3, -0.25) is 9.59 Å². The monoisotopic (exact) mass is 281 g/mol. The minimum Gasteiger partial charge on any atom is -0.481 e. The maximum Gasteiger partial charge on any atom is 0.305 e. The van der Waals surface area contributed by atoms with Crippen molar-refractivity contribution in [3.8, 4) is 0 Å². The fourth-order valence-corrected chi connectivity index (χ4v) is 2.69. The lowest BCUT2D eigenvalue weighted by atomic mass is 10.1. The Morgan fingerprint density at radius 3 is 2.70 bits per heavy atom. The Morgan fingerprint density at radius 2 is 2.20 bits per heavy atom. The van der Waals surface area contributed by atoms with E-state index in [0.29, 0.717) is 30.0 Å². The van der Waals surface area contributed by atoms with Crippen molar-refractivity contribution in [2.24, 2.45) is 0 Å². The van der Waals surface area contributed by atoms with Gasteiger partial charge in [0.15, 0.2) is 0 Å². The highest BCUT2D eigenvalue weighted by Crippen LogP contribution is 2.26. The zero-order valence-corrected chi connectivity index (χ0v) is 11.9. The van der Waals surface area contributed by atoms with Crippen LogP contribution in [0.1, 0.15) is 34.7 Å². The molecule has 2 rings (SSSR count). The maximum atomic E-state index is 12.6. The molecule has 6 heteroatoms. The smallest absolute Gasteiger partial charge is 0.305 e. The first-order valence-corrected chi connectivity index (χ1v) is 6.55. The summed E-state index contributed by atoms with van der Waals surface area (Å²) in [6.45, 7) is 3.92. The van der Waals surface area contributed by atoms with Crippen molar-refractivity contribution < 1.29 is 23.8 Å². The van der Waals surface area contributed by atoms with Gasteiger partial charge in [-0.1, -0.05) is 0 Å². The lowest BCUT2D eigenvalue weighted by Crippen LogP contribution is -2.37. The summed E-state index contributed by atoms with van der Waals surface area (Å²) in [4.78, 5) is 25.1. The number of hydrogen-bond donors (Lipinski definition) is 1. The van der Waals surface area contributed by atoms with E-state index >= 15 is 0 Å². The molecule has 1 aliphatic rings. The highest BCUT2D eigenvalue weighted by atomic mass is 16.5. The number of carboxylic acids is 1. The second-order valence-electron chi connectivity index (χ2n) is 5.13. The Kier molecular flexibility index (Phi) is 4.13. The zero-order valence-electron chi connectivity index (χ0n) is 11.9. The molecule has 1 saturated heterocycles. The molecule has 2 unspecified atom stereocenters. The van der Waals surface area contributed by atoms with Crippen LogP contribution >= 0.6 is 0 Å². The SMILES string of the molecule is COC1CC(CC(=O)O)N(C(=O)c2cc(C)oc2C)C1. The predicted octanol–water partition coefficient (Wildman–Crippen LogP) is 1.60. The Bertz CT molecular complexity index is 522. The summed E-state index contributed by atoms with van der Waals surface area (Å²) >= 11 is 0. The number of carbonyl (C=O) groups is 2.